The largest absolute Gasteiger partial charge is 0.806 e. The number of hydrogen-bond acceptors (Lipinski definition) is 3. The second kappa shape index (κ2) is 13.2. The van der Waals surface area contributed by atoms with E-state index in [2.05, 4.69) is 9.56 Å². The van der Waals surface area contributed by atoms with Crippen molar-refractivity contribution in [1.29, 1.82) is 0 Å². The Morgan fingerprint density at radius 1 is 1.36 bits per heavy atom. The van der Waals surface area contributed by atoms with Crippen LogP contribution in [0.2, 0.25) is 0 Å². The summed E-state index contributed by atoms with van der Waals surface area (Å²) in [4.78, 5) is 14.8. The van der Waals surface area contributed by atoms with E-state index in [0.29, 0.717) is 12.8 Å². The molecular formula is C6H15ClO3P-. The third kappa shape index (κ3) is 18.0. The van der Waals surface area contributed by atoms with Crippen LogP contribution in [0.1, 0.15) is 20.8 Å². The molecular weight excluding hydrogens is 186 g/mol. The average Bonchev–Trinajstić information content (AvgIpc) is 2.02. The first-order valence-electron chi connectivity index (χ1n) is 3.53. The summed E-state index contributed by atoms with van der Waals surface area (Å²) >= 11 is 5.00. The predicted molar refractivity (Wildman–Crippen MR) is 46.6 cm³/mol. The highest BCUT2D eigenvalue weighted by Crippen LogP contribution is 2.24. The Balaban J connectivity index is 0. The van der Waals surface area contributed by atoms with Crippen molar-refractivity contribution in [3.8, 4) is 0 Å². The monoisotopic (exact) mass is 201 g/mol. The summed E-state index contributed by atoms with van der Waals surface area (Å²) in [5, 5.41) is 0. The SMILES string of the molecule is CCCl.CCOOP([O-])CC. The van der Waals surface area contributed by atoms with Gasteiger partial charge in [-0.15, -0.1) is 11.6 Å². The van der Waals surface area contributed by atoms with Crippen LogP contribution in [0.5, 0.6) is 0 Å². The van der Waals surface area contributed by atoms with Crippen molar-refractivity contribution < 1.29 is 14.5 Å². The minimum Gasteiger partial charge on any atom is -0.806 e. The lowest BCUT2D eigenvalue weighted by Crippen LogP contribution is -2.01. The summed E-state index contributed by atoms with van der Waals surface area (Å²) in [6, 6.07) is 0. The van der Waals surface area contributed by atoms with Gasteiger partial charge < -0.3 is 4.89 Å². The molecule has 0 N–H and O–H groups in total. The molecule has 0 fully saturated rings. The van der Waals surface area contributed by atoms with Gasteiger partial charge in [0.25, 0.3) is 0 Å². The highest BCUT2D eigenvalue weighted by atomic mass is 35.5. The highest BCUT2D eigenvalue weighted by molar-refractivity contribution is 7.44. The summed E-state index contributed by atoms with van der Waals surface area (Å²) < 4.78 is 4.35. The first-order valence-corrected chi connectivity index (χ1v) is 5.42. The molecule has 0 aromatic rings. The molecule has 11 heavy (non-hydrogen) atoms. The molecule has 0 saturated heterocycles. The first kappa shape index (κ1) is 14.1. The van der Waals surface area contributed by atoms with Gasteiger partial charge in [-0.05, 0) is 21.5 Å². The van der Waals surface area contributed by atoms with Gasteiger partial charge in [0, 0.05) is 5.88 Å². The van der Waals surface area contributed by atoms with E-state index in [1.165, 1.54) is 0 Å². The van der Waals surface area contributed by atoms with Crippen molar-refractivity contribution >= 4 is 20.0 Å². The molecule has 0 spiro atoms. The van der Waals surface area contributed by atoms with E-state index < -0.39 is 8.38 Å². The van der Waals surface area contributed by atoms with Gasteiger partial charge in [-0.3, -0.25) is 0 Å². The lowest BCUT2D eigenvalue weighted by atomic mass is 10.9. The van der Waals surface area contributed by atoms with Gasteiger partial charge in [0.05, 0.1) is 6.61 Å². The zero-order valence-electron chi connectivity index (χ0n) is 7.17. The lowest BCUT2D eigenvalue weighted by molar-refractivity contribution is -0.266. The third-order valence-corrected chi connectivity index (χ3v) is 1.30. The van der Waals surface area contributed by atoms with E-state index in [4.69, 9.17) is 11.6 Å². The normalized spacial score (nSPS) is 11.7. The van der Waals surface area contributed by atoms with Crippen LogP contribution in [0.3, 0.4) is 0 Å². The quantitative estimate of drug-likeness (QED) is 0.302. The maximum absolute atomic E-state index is 10.4. The molecule has 0 bridgehead atoms. The molecule has 70 valence electrons. The highest BCUT2D eigenvalue weighted by Gasteiger charge is 1.86. The van der Waals surface area contributed by atoms with Crippen molar-refractivity contribution in [2.45, 2.75) is 20.8 Å². The van der Waals surface area contributed by atoms with Crippen LogP contribution in [0.25, 0.3) is 0 Å². The Kier molecular flexibility index (Phi) is 17.0. The van der Waals surface area contributed by atoms with Crippen LogP contribution in [0.4, 0.5) is 0 Å². The fraction of sp³-hybridized carbons (Fsp3) is 1.00. The minimum absolute atomic E-state index is 0.446. The smallest absolute Gasteiger partial charge is 0.0796 e. The van der Waals surface area contributed by atoms with Crippen LogP contribution >= 0.6 is 20.0 Å². The molecule has 0 aliphatic rings. The van der Waals surface area contributed by atoms with Crippen molar-refractivity contribution in [3.05, 3.63) is 0 Å². The van der Waals surface area contributed by atoms with Gasteiger partial charge in [-0.1, -0.05) is 13.8 Å². The predicted octanol–water partition coefficient (Wildman–Crippen LogP) is 1.89. The first-order chi connectivity index (χ1) is 5.22. The van der Waals surface area contributed by atoms with Crippen LogP contribution in [-0.2, 0) is 9.56 Å². The van der Waals surface area contributed by atoms with Crippen LogP contribution in [-0.4, -0.2) is 18.6 Å². The standard InChI is InChI=1S/C4H10O3P.C2H5Cl/c1-3-6-7-8(5)4-2;1-2-3/h3-4H2,1-2H3;2H2,1H3/q-1;. The molecule has 0 heterocycles. The Bertz CT molecular complexity index is 65.8. The Morgan fingerprint density at radius 2 is 1.82 bits per heavy atom. The Hall–Kier alpha value is 0.600. The third-order valence-electron chi connectivity index (χ3n) is 0.512. The molecule has 0 aliphatic heterocycles. The Morgan fingerprint density at radius 3 is 2.09 bits per heavy atom. The van der Waals surface area contributed by atoms with Gasteiger partial charge in [0.1, 0.15) is 0 Å². The van der Waals surface area contributed by atoms with Gasteiger partial charge >= 0.3 is 0 Å². The van der Waals surface area contributed by atoms with Gasteiger partial charge in [-0.2, -0.15) is 0 Å². The number of rotatable bonds is 4. The number of hydrogen-bond donors (Lipinski definition) is 0. The summed E-state index contributed by atoms with van der Waals surface area (Å²) in [7, 11) is -1.56. The van der Waals surface area contributed by atoms with Gasteiger partial charge in [0.15, 0.2) is 0 Å². The molecule has 0 saturated carbocycles. The van der Waals surface area contributed by atoms with E-state index in [9.17, 15) is 4.89 Å². The lowest BCUT2D eigenvalue weighted by Gasteiger charge is -2.17. The second-order valence-electron chi connectivity index (χ2n) is 1.40. The average molecular weight is 202 g/mol. The van der Waals surface area contributed by atoms with Gasteiger partial charge in [0.2, 0.25) is 0 Å². The van der Waals surface area contributed by atoms with E-state index in [1.54, 1.807) is 13.8 Å². The van der Waals surface area contributed by atoms with E-state index in [1.807, 2.05) is 6.92 Å². The van der Waals surface area contributed by atoms with E-state index >= 15 is 0 Å². The fourth-order valence-electron chi connectivity index (χ4n) is 0.164. The fourth-order valence-corrected chi connectivity index (χ4v) is 0.493. The molecule has 0 aromatic heterocycles. The zero-order chi connectivity index (χ0) is 9.11. The van der Waals surface area contributed by atoms with E-state index in [0.717, 1.165) is 5.88 Å². The van der Waals surface area contributed by atoms with E-state index in [-0.39, 0.29) is 0 Å². The molecule has 0 rings (SSSR count). The van der Waals surface area contributed by atoms with Crippen molar-refractivity contribution in [2.75, 3.05) is 18.6 Å². The second-order valence-corrected chi connectivity index (χ2v) is 3.38. The number of halogens is 1. The topological polar surface area (TPSA) is 41.5 Å². The number of alkyl halides is 1. The van der Waals surface area contributed by atoms with Crippen molar-refractivity contribution in [3.63, 3.8) is 0 Å². The van der Waals surface area contributed by atoms with Gasteiger partial charge in [-0.25, -0.2) is 9.56 Å². The molecule has 0 radical (unpaired) electrons. The van der Waals surface area contributed by atoms with Crippen molar-refractivity contribution in [1.82, 2.24) is 0 Å². The summed E-state index contributed by atoms with van der Waals surface area (Å²) in [5.74, 6) is 0.722. The van der Waals surface area contributed by atoms with Crippen LogP contribution in [0.15, 0.2) is 0 Å². The van der Waals surface area contributed by atoms with Crippen molar-refractivity contribution in [2.24, 2.45) is 0 Å². The van der Waals surface area contributed by atoms with Crippen LogP contribution < -0.4 is 4.89 Å². The molecule has 0 amide bonds. The van der Waals surface area contributed by atoms with Crippen LogP contribution in [0, 0.1) is 0 Å². The summed E-state index contributed by atoms with van der Waals surface area (Å²) in [6.07, 6.45) is 0.509. The maximum atomic E-state index is 10.4. The molecule has 0 aliphatic carbocycles. The molecule has 3 nitrogen and oxygen atoms in total. The molecule has 0 aromatic carbocycles. The molecule has 5 heteroatoms. The molecule has 1 atom stereocenters. The Labute approximate surface area is 74.5 Å². The zero-order valence-corrected chi connectivity index (χ0v) is 8.82. The molecule has 1 unspecified atom stereocenters. The maximum Gasteiger partial charge on any atom is 0.0796 e. The summed E-state index contributed by atoms with van der Waals surface area (Å²) in [5.41, 5.74) is 0. The summed E-state index contributed by atoms with van der Waals surface area (Å²) in [6.45, 7) is 5.89. The minimum atomic E-state index is -1.56.